The van der Waals surface area contributed by atoms with Crippen molar-refractivity contribution in [1.82, 2.24) is 14.9 Å². The number of anilines is 1. The van der Waals surface area contributed by atoms with Crippen LogP contribution < -0.4 is 5.32 Å². The molecule has 1 aliphatic carbocycles. The van der Waals surface area contributed by atoms with Crippen molar-refractivity contribution < 1.29 is 9.53 Å². The number of methoxy groups -OCH3 is 1. The fourth-order valence-electron chi connectivity index (χ4n) is 3.75. The fraction of sp³-hybridized carbons (Fsp3) is 0.269. The second kappa shape index (κ2) is 10.4. The Morgan fingerprint density at radius 3 is 2.71 bits per heavy atom. The third-order valence-corrected chi connectivity index (χ3v) is 5.78. The molecule has 8 heteroatoms. The molecule has 2 aromatic heterocycles. The van der Waals surface area contributed by atoms with E-state index < -0.39 is 0 Å². The molecule has 2 heterocycles. The minimum atomic E-state index is -0.343. The maximum atomic E-state index is 12.9. The lowest BCUT2D eigenvalue weighted by molar-refractivity contribution is 0.102. The summed E-state index contributed by atoms with van der Waals surface area (Å²) in [6, 6.07) is 14.5. The van der Waals surface area contributed by atoms with Crippen LogP contribution in [0.3, 0.4) is 0 Å². The number of pyridine rings is 2. The summed E-state index contributed by atoms with van der Waals surface area (Å²) in [5.41, 5.74) is 4.35. The molecule has 0 aliphatic heterocycles. The van der Waals surface area contributed by atoms with Crippen LogP contribution in [0.4, 0.5) is 5.69 Å². The smallest absolute Gasteiger partial charge is 0.274 e. The molecule has 0 radical (unpaired) electrons. The third-order valence-electron chi connectivity index (χ3n) is 5.78. The molecule has 8 nitrogen and oxygen atoms in total. The Balaban J connectivity index is 1.48. The highest BCUT2D eigenvalue weighted by Crippen LogP contribution is 2.39. The monoisotopic (exact) mass is 456 g/mol. The zero-order valence-electron chi connectivity index (χ0n) is 19.3. The number of hydrogen-bond acceptors (Lipinski definition) is 6. The van der Waals surface area contributed by atoms with Gasteiger partial charge in [-0.2, -0.15) is 0 Å². The molecule has 1 atom stereocenters. The van der Waals surface area contributed by atoms with Crippen molar-refractivity contribution in [2.75, 3.05) is 19.0 Å². The summed E-state index contributed by atoms with van der Waals surface area (Å²) < 4.78 is 5.15. The van der Waals surface area contributed by atoms with Crippen LogP contribution in [-0.2, 0) is 4.74 Å². The highest BCUT2D eigenvalue weighted by Gasteiger charge is 2.24. The summed E-state index contributed by atoms with van der Waals surface area (Å²) in [6.45, 7) is 2.26. The van der Waals surface area contributed by atoms with E-state index in [1.54, 1.807) is 43.6 Å². The Hall–Kier alpha value is -3.91. The molecule has 1 amide bonds. The molecule has 0 spiro atoms. The number of amides is 1. The number of rotatable bonds is 9. The van der Waals surface area contributed by atoms with Gasteiger partial charge in [0.25, 0.3) is 5.91 Å². The van der Waals surface area contributed by atoms with E-state index >= 15 is 0 Å². The van der Waals surface area contributed by atoms with Crippen LogP contribution in [0.2, 0.25) is 0 Å². The van der Waals surface area contributed by atoms with Crippen molar-refractivity contribution in [1.29, 1.82) is 10.8 Å². The number of amidine groups is 1. The van der Waals surface area contributed by atoms with Gasteiger partial charge < -0.3 is 15.0 Å². The van der Waals surface area contributed by atoms with Crippen LogP contribution >= 0.6 is 0 Å². The van der Waals surface area contributed by atoms with E-state index in [1.807, 2.05) is 25.3 Å². The van der Waals surface area contributed by atoms with Crippen molar-refractivity contribution in [2.45, 2.75) is 31.7 Å². The third kappa shape index (κ3) is 5.35. The molecule has 1 saturated carbocycles. The predicted molar refractivity (Wildman–Crippen MR) is 133 cm³/mol. The number of carbonyl (C=O) groups excluding carboxylic acids is 1. The van der Waals surface area contributed by atoms with Crippen LogP contribution in [0, 0.1) is 10.8 Å². The molecule has 174 valence electrons. The van der Waals surface area contributed by atoms with Gasteiger partial charge in [-0.1, -0.05) is 18.2 Å². The zero-order chi connectivity index (χ0) is 24.1. The van der Waals surface area contributed by atoms with Gasteiger partial charge in [0.15, 0.2) is 0 Å². The van der Waals surface area contributed by atoms with E-state index in [0.29, 0.717) is 29.5 Å². The van der Waals surface area contributed by atoms with Crippen LogP contribution in [-0.4, -0.2) is 52.7 Å². The number of nitrogens with zero attached hydrogens (tertiary/aromatic N) is 3. The maximum absolute atomic E-state index is 12.9. The van der Waals surface area contributed by atoms with Crippen molar-refractivity contribution in [3.8, 4) is 11.1 Å². The van der Waals surface area contributed by atoms with Gasteiger partial charge in [0.2, 0.25) is 0 Å². The van der Waals surface area contributed by atoms with Crippen LogP contribution in [0.1, 0.15) is 47.4 Å². The van der Waals surface area contributed by atoms with Gasteiger partial charge in [0.05, 0.1) is 19.0 Å². The first-order chi connectivity index (χ1) is 16.5. The molecule has 1 aromatic carbocycles. The lowest BCUT2D eigenvalue weighted by Crippen LogP contribution is -2.39. The largest absolute Gasteiger partial charge is 0.383 e. The highest BCUT2D eigenvalue weighted by molar-refractivity contribution is 6.06. The summed E-state index contributed by atoms with van der Waals surface area (Å²) in [4.78, 5) is 23.2. The van der Waals surface area contributed by atoms with Crippen molar-refractivity contribution in [2.24, 2.45) is 0 Å². The van der Waals surface area contributed by atoms with Gasteiger partial charge in [0.1, 0.15) is 11.5 Å². The van der Waals surface area contributed by atoms with Crippen LogP contribution in [0.5, 0.6) is 0 Å². The molecule has 0 unspecified atom stereocenters. The average molecular weight is 457 g/mol. The minimum Gasteiger partial charge on any atom is -0.383 e. The van der Waals surface area contributed by atoms with E-state index in [-0.39, 0.29) is 17.8 Å². The Morgan fingerprint density at radius 2 is 2.03 bits per heavy atom. The van der Waals surface area contributed by atoms with E-state index in [9.17, 15) is 4.79 Å². The van der Waals surface area contributed by atoms with Gasteiger partial charge in [-0.25, -0.2) is 0 Å². The van der Waals surface area contributed by atoms with Gasteiger partial charge in [-0.05, 0) is 55.7 Å². The standard InChI is InChI=1S/C26H28N6O2/c1-17(15-34-2)32(16-27)25(28)20-4-3-5-22(12-20)31-26(33)24-13-19(10-11-29-24)21-8-9-23(30-14-21)18-6-7-18/h3-5,8-14,16-18,27-28H,6-7,15H2,1-2H3,(H,31,33)/t17-/m0/s1. The number of carbonyl (C=O) groups is 1. The number of ether oxygens (including phenoxy) is 1. The average Bonchev–Trinajstić information content (AvgIpc) is 3.71. The van der Waals surface area contributed by atoms with E-state index in [2.05, 4.69) is 21.4 Å². The zero-order valence-corrected chi connectivity index (χ0v) is 19.3. The lowest BCUT2D eigenvalue weighted by atomic mass is 10.1. The number of nitrogens with one attached hydrogen (secondary N) is 3. The molecule has 3 aromatic rings. The Kier molecular flexibility index (Phi) is 7.08. The first kappa shape index (κ1) is 23.3. The number of benzene rings is 1. The van der Waals surface area contributed by atoms with Gasteiger partial charge in [-0.15, -0.1) is 0 Å². The second-order valence-electron chi connectivity index (χ2n) is 8.40. The molecular weight excluding hydrogens is 428 g/mol. The van der Waals surface area contributed by atoms with Crippen molar-refractivity contribution in [3.63, 3.8) is 0 Å². The lowest BCUT2D eigenvalue weighted by Gasteiger charge is -2.26. The SMILES string of the molecule is COC[C@H](C)N(C=N)C(=N)c1cccc(NC(=O)c2cc(-c3ccc(C4CC4)nc3)ccn2)c1. The minimum absolute atomic E-state index is 0.151. The fourth-order valence-corrected chi connectivity index (χ4v) is 3.75. The molecule has 3 N–H and O–H groups in total. The number of hydrogen-bond donors (Lipinski definition) is 3. The first-order valence-electron chi connectivity index (χ1n) is 11.2. The van der Waals surface area contributed by atoms with Gasteiger partial charge in [-0.3, -0.25) is 25.6 Å². The van der Waals surface area contributed by atoms with E-state index in [0.717, 1.165) is 23.2 Å². The van der Waals surface area contributed by atoms with E-state index in [1.165, 1.54) is 17.7 Å². The quantitative estimate of drug-likeness (QED) is 0.323. The summed E-state index contributed by atoms with van der Waals surface area (Å²) in [5, 5.41) is 19.0. The second-order valence-corrected chi connectivity index (χ2v) is 8.40. The van der Waals surface area contributed by atoms with Gasteiger partial charge >= 0.3 is 0 Å². The molecular formula is C26H28N6O2. The topological polar surface area (TPSA) is 115 Å². The molecule has 4 rings (SSSR count). The van der Waals surface area contributed by atoms with Crippen LogP contribution in [0.15, 0.2) is 60.9 Å². The summed E-state index contributed by atoms with van der Waals surface area (Å²) in [7, 11) is 1.58. The Labute approximate surface area is 199 Å². The van der Waals surface area contributed by atoms with Crippen molar-refractivity contribution >= 4 is 23.8 Å². The van der Waals surface area contributed by atoms with Gasteiger partial charge in [0, 0.05) is 47.9 Å². The maximum Gasteiger partial charge on any atom is 0.274 e. The molecule has 1 fully saturated rings. The Morgan fingerprint density at radius 1 is 1.21 bits per heavy atom. The van der Waals surface area contributed by atoms with Crippen molar-refractivity contribution in [3.05, 3.63) is 77.9 Å². The summed E-state index contributed by atoms with van der Waals surface area (Å²) in [6.07, 6.45) is 6.98. The van der Waals surface area contributed by atoms with E-state index in [4.69, 9.17) is 15.6 Å². The normalized spacial score (nSPS) is 13.7. The molecule has 0 bridgehead atoms. The molecule has 1 aliphatic rings. The number of aromatic nitrogens is 2. The molecule has 34 heavy (non-hydrogen) atoms. The molecule has 0 saturated heterocycles. The highest BCUT2D eigenvalue weighted by atomic mass is 16.5. The van der Waals surface area contributed by atoms with Crippen LogP contribution in [0.25, 0.3) is 11.1 Å². The first-order valence-corrected chi connectivity index (χ1v) is 11.2. The summed E-state index contributed by atoms with van der Waals surface area (Å²) in [5.74, 6) is 0.405. The Bertz CT molecular complexity index is 1190. The summed E-state index contributed by atoms with van der Waals surface area (Å²) >= 11 is 0. The predicted octanol–water partition coefficient (Wildman–Crippen LogP) is 4.54.